The molecule has 2 aromatic rings. The van der Waals surface area contributed by atoms with Crippen molar-refractivity contribution < 1.29 is 9.59 Å². The zero-order valence-electron chi connectivity index (χ0n) is 11.5. The Bertz CT molecular complexity index is 743. The minimum Gasteiger partial charge on any atom is -0.398 e. The molecule has 21 heavy (non-hydrogen) atoms. The Labute approximate surface area is 122 Å². The molecule has 1 aliphatic heterocycles. The van der Waals surface area contributed by atoms with Gasteiger partial charge in [-0.3, -0.25) is 9.59 Å². The molecule has 0 spiro atoms. The molecule has 4 heteroatoms. The number of rotatable bonds is 2. The molecule has 0 atom stereocenters. The van der Waals surface area contributed by atoms with Crippen LogP contribution in [0.2, 0.25) is 0 Å². The van der Waals surface area contributed by atoms with E-state index >= 15 is 0 Å². The quantitative estimate of drug-likeness (QED) is 0.678. The first kappa shape index (κ1) is 13.1. The second-order valence-electron chi connectivity index (χ2n) is 4.98. The van der Waals surface area contributed by atoms with E-state index in [4.69, 9.17) is 5.73 Å². The molecule has 2 aromatic carbocycles. The number of imide groups is 1. The van der Waals surface area contributed by atoms with Crippen molar-refractivity contribution in [3.05, 3.63) is 60.2 Å². The number of hydrogen-bond donors (Lipinski definition) is 1. The summed E-state index contributed by atoms with van der Waals surface area (Å²) in [4.78, 5) is 24.4. The molecule has 0 unspecified atom stereocenters. The van der Waals surface area contributed by atoms with Crippen LogP contribution in [0.15, 0.2) is 54.6 Å². The first-order chi connectivity index (χ1) is 10.1. The maximum atomic E-state index is 11.7. The Morgan fingerprint density at radius 1 is 0.905 bits per heavy atom. The Kier molecular flexibility index (Phi) is 3.06. The van der Waals surface area contributed by atoms with Gasteiger partial charge >= 0.3 is 0 Å². The zero-order chi connectivity index (χ0) is 15.0. The number of hydrogen-bond acceptors (Lipinski definition) is 3. The summed E-state index contributed by atoms with van der Waals surface area (Å²) in [6.07, 6.45) is 2.51. The fourth-order valence-electron chi connectivity index (χ4n) is 2.34. The number of aryl methyl sites for hydroxylation is 1. The molecule has 104 valence electrons. The summed E-state index contributed by atoms with van der Waals surface area (Å²) in [5.41, 5.74) is 10.2. The number of benzene rings is 2. The Hall–Kier alpha value is -2.88. The summed E-state index contributed by atoms with van der Waals surface area (Å²) in [6, 6.07) is 13.2. The normalized spacial score (nSPS) is 14.0. The molecule has 0 fully saturated rings. The zero-order valence-corrected chi connectivity index (χ0v) is 11.5. The fourth-order valence-corrected chi connectivity index (χ4v) is 2.34. The lowest BCUT2D eigenvalue weighted by Crippen LogP contribution is -2.29. The number of carbonyl (C=O) groups excluding carboxylic acids is 2. The maximum Gasteiger partial charge on any atom is 0.258 e. The van der Waals surface area contributed by atoms with Crippen molar-refractivity contribution in [2.75, 3.05) is 10.6 Å². The van der Waals surface area contributed by atoms with E-state index in [1.54, 1.807) is 12.1 Å². The molecule has 0 radical (unpaired) electrons. The van der Waals surface area contributed by atoms with Crippen molar-refractivity contribution >= 4 is 23.2 Å². The predicted molar refractivity (Wildman–Crippen MR) is 82.7 cm³/mol. The first-order valence-electron chi connectivity index (χ1n) is 6.59. The van der Waals surface area contributed by atoms with Gasteiger partial charge in [-0.2, -0.15) is 0 Å². The molecular formula is C17H14N2O2. The average Bonchev–Trinajstić information content (AvgIpc) is 2.79. The van der Waals surface area contributed by atoms with E-state index in [2.05, 4.69) is 0 Å². The van der Waals surface area contributed by atoms with Gasteiger partial charge in [-0.05, 0) is 24.6 Å². The largest absolute Gasteiger partial charge is 0.398 e. The standard InChI is InChI=1S/C17H14N2O2/c1-11-2-4-12(5-3-11)14-7-6-13(10-15(14)18)19-16(20)8-9-17(19)21/h2-10H,18H2,1H3. The summed E-state index contributed by atoms with van der Waals surface area (Å²) >= 11 is 0. The van der Waals surface area contributed by atoms with Crippen LogP contribution in [0.5, 0.6) is 0 Å². The number of anilines is 2. The van der Waals surface area contributed by atoms with Gasteiger partial charge in [0.15, 0.2) is 0 Å². The molecular weight excluding hydrogens is 264 g/mol. The van der Waals surface area contributed by atoms with Crippen LogP contribution in [0, 0.1) is 6.92 Å². The predicted octanol–water partition coefficient (Wildman–Crippen LogP) is 2.67. The monoisotopic (exact) mass is 278 g/mol. The fraction of sp³-hybridized carbons (Fsp3) is 0.0588. The second-order valence-corrected chi connectivity index (χ2v) is 4.98. The highest BCUT2D eigenvalue weighted by atomic mass is 16.2. The lowest BCUT2D eigenvalue weighted by atomic mass is 10.0. The van der Waals surface area contributed by atoms with Crippen molar-refractivity contribution in [1.82, 2.24) is 0 Å². The molecule has 0 bridgehead atoms. The molecule has 0 aromatic heterocycles. The summed E-state index contributed by atoms with van der Waals surface area (Å²) in [6.45, 7) is 2.02. The molecule has 2 amide bonds. The van der Waals surface area contributed by atoms with Gasteiger partial charge in [0, 0.05) is 23.4 Å². The van der Waals surface area contributed by atoms with Gasteiger partial charge in [-0.25, -0.2) is 4.90 Å². The first-order valence-corrected chi connectivity index (χ1v) is 6.59. The number of amides is 2. The third kappa shape index (κ3) is 2.31. The van der Waals surface area contributed by atoms with Crippen LogP contribution in [0.3, 0.4) is 0 Å². The van der Waals surface area contributed by atoms with Gasteiger partial charge in [0.1, 0.15) is 0 Å². The van der Waals surface area contributed by atoms with Crippen LogP contribution in [0.1, 0.15) is 5.56 Å². The lowest BCUT2D eigenvalue weighted by Gasteiger charge is -2.16. The van der Waals surface area contributed by atoms with E-state index in [0.29, 0.717) is 11.4 Å². The van der Waals surface area contributed by atoms with Gasteiger partial charge in [0.2, 0.25) is 0 Å². The van der Waals surface area contributed by atoms with Crippen molar-refractivity contribution in [2.45, 2.75) is 6.92 Å². The van der Waals surface area contributed by atoms with Gasteiger partial charge in [-0.15, -0.1) is 0 Å². The van der Waals surface area contributed by atoms with Gasteiger partial charge in [-0.1, -0.05) is 35.9 Å². The summed E-state index contributed by atoms with van der Waals surface area (Å²) in [5.74, 6) is -0.690. The molecule has 2 N–H and O–H groups in total. The van der Waals surface area contributed by atoms with Gasteiger partial charge in [0.05, 0.1) is 5.69 Å². The Morgan fingerprint density at radius 2 is 1.52 bits per heavy atom. The maximum absolute atomic E-state index is 11.7. The topological polar surface area (TPSA) is 63.4 Å². The third-order valence-electron chi connectivity index (χ3n) is 3.47. The van der Waals surface area contributed by atoms with Crippen LogP contribution in [0.25, 0.3) is 11.1 Å². The highest BCUT2D eigenvalue weighted by Gasteiger charge is 2.25. The highest BCUT2D eigenvalue weighted by molar-refractivity contribution is 6.28. The SMILES string of the molecule is Cc1ccc(-c2ccc(N3C(=O)C=CC3=O)cc2N)cc1. The Balaban J connectivity index is 1.99. The van der Waals surface area contributed by atoms with E-state index in [0.717, 1.165) is 16.0 Å². The summed E-state index contributed by atoms with van der Waals surface area (Å²) in [5, 5.41) is 0. The number of carbonyl (C=O) groups is 2. The Morgan fingerprint density at radius 3 is 2.10 bits per heavy atom. The molecule has 4 nitrogen and oxygen atoms in total. The molecule has 0 saturated carbocycles. The van der Waals surface area contributed by atoms with Crippen molar-refractivity contribution in [3.8, 4) is 11.1 Å². The molecule has 3 rings (SSSR count). The minimum absolute atomic E-state index is 0.345. The molecule has 0 saturated heterocycles. The summed E-state index contributed by atoms with van der Waals surface area (Å²) < 4.78 is 0. The lowest BCUT2D eigenvalue weighted by molar-refractivity contribution is -0.119. The number of nitrogens with zero attached hydrogens (tertiary/aromatic N) is 1. The van der Waals surface area contributed by atoms with E-state index < -0.39 is 0 Å². The highest BCUT2D eigenvalue weighted by Crippen LogP contribution is 2.31. The second kappa shape index (κ2) is 4.90. The van der Waals surface area contributed by atoms with Crippen molar-refractivity contribution in [2.24, 2.45) is 0 Å². The van der Waals surface area contributed by atoms with E-state index in [-0.39, 0.29) is 11.8 Å². The van der Waals surface area contributed by atoms with Crippen LogP contribution >= 0.6 is 0 Å². The number of nitrogens with two attached hydrogens (primary N) is 1. The minimum atomic E-state index is -0.345. The summed E-state index contributed by atoms with van der Waals surface area (Å²) in [7, 11) is 0. The van der Waals surface area contributed by atoms with E-state index in [1.807, 2.05) is 37.3 Å². The van der Waals surface area contributed by atoms with Crippen LogP contribution < -0.4 is 10.6 Å². The van der Waals surface area contributed by atoms with Crippen LogP contribution in [0.4, 0.5) is 11.4 Å². The smallest absolute Gasteiger partial charge is 0.258 e. The number of nitrogen functional groups attached to an aromatic ring is 1. The van der Waals surface area contributed by atoms with Crippen LogP contribution in [-0.4, -0.2) is 11.8 Å². The van der Waals surface area contributed by atoms with E-state index in [9.17, 15) is 9.59 Å². The van der Waals surface area contributed by atoms with Crippen molar-refractivity contribution in [3.63, 3.8) is 0 Å². The van der Waals surface area contributed by atoms with Crippen molar-refractivity contribution in [1.29, 1.82) is 0 Å². The van der Waals surface area contributed by atoms with Gasteiger partial charge in [0.25, 0.3) is 11.8 Å². The molecule has 1 heterocycles. The van der Waals surface area contributed by atoms with Crippen LogP contribution in [-0.2, 0) is 9.59 Å². The van der Waals surface area contributed by atoms with E-state index in [1.165, 1.54) is 17.7 Å². The van der Waals surface area contributed by atoms with Gasteiger partial charge < -0.3 is 5.73 Å². The average molecular weight is 278 g/mol. The molecule has 0 aliphatic carbocycles. The molecule has 1 aliphatic rings. The third-order valence-corrected chi connectivity index (χ3v) is 3.47.